The maximum Gasteiger partial charge on any atom is 0.255 e. The van der Waals surface area contributed by atoms with Gasteiger partial charge >= 0.3 is 0 Å². The largest absolute Gasteiger partial charge is 0.494 e. The maximum absolute atomic E-state index is 12.2. The molecule has 0 heterocycles. The Hall–Kier alpha value is -2.59. The van der Waals surface area contributed by atoms with Crippen molar-refractivity contribution in [2.45, 2.75) is 12.8 Å². The van der Waals surface area contributed by atoms with E-state index in [0.29, 0.717) is 12.2 Å². The molecule has 26 heavy (non-hydrogen) atoms. The number of rotatable bonds is 7. The van der Waals surface area contributed by atoms with E-state index in [4.69, 9.17) is 4.74 Å². The summed E-state index contributed by atoms with van der Waals surface area (Å²) < 4.78 is 6.65. The molecule has 0 radical (unpaired) electrons. The Balaban J connectivity index is 1.46. The van der Waals surface area contributed by atoms with Gasteiger partial charge in [0.1, 0.15) is 5.75 Å². The zero-order chi connectivity index (χ0) is 18.2. The molecule has 4 heteroatoms. The number of hydrogen-bond donors (Lipinski definition) is 1. The van der Waals surface area contributed by atoms with Gasteiger partial charge < -0.3 is 10.1 Å². The van der Waals surface area contributed by atoms with Crippen molar-refractivity contribution in [1.29, 1.82) is 0 Å². The third kappa shape index (κ3) is 5.46. The molecule has 0 saturated carbocycles. The maximum atomic E-state index is 12.2. The van der Waals surface area contributed by atoms with Crippen LogP contribution in [0.15, 0.2) is 83.3 Å². The van der Waals surface area contributed by atoms with Gasteiger partial charge in [0.2, 0.25) is 0 Å². The van der Waals surface area contributed by atoms with Crippen LogP contribution >= 0.6 is 15.9 Å². The second kappa shape index (κ2) is 9.20. The second-order valence-electron chi connectivity index (χ2n) is 5.93. The highest BCUT2D eigenvalue weighted by Gasteiger charge is 2.06. The molecule has 0 aliphatic heterocycles. The Morgan fingerprint density at radius 1 is 0.923 bits per heavy atom. The van der Waals surface area contributed by atoms with Crippen molar-refractivity contribution in [2.75, 3.05) is 11.9 Å². The van der Waals surface area contributed by atoms with E-state index in [2.05, 4.69) is 45.5 Å². The predicted molar refractivity (Wildman–Crippen MR) is 109 cm³/mol. The average Bonchev–Trinajstić information content (AvgIpc) is 2.67. The lowest BCUT2D eigenvalue weighted by Gasteiger charge is -2.09. The first-order chi connectivity index (χ1) is 12.7. The van der Waals surface area contributed by atoms with Gasteiger partial charge in [0, 0.05) is 15.7 Å². The van der Waals surface area contributed by atoms with E-state index < -0.39 is 0 Å². The van der Waals surface area contributed by atoms with E-state index in [1.165, 1.54) is 5.56 Å². The van der Waals surface area contributed by atoms with E-state index in [0.717, 1.165) is 28.8 Å². The Labute approximate surface area is 162 Å². The van der Waals surface area contributed by atoms with Crippen LogP contribution in [0.4, 0.5) is 5.69 Å². The van der Waals surface area contributed by atoms with Crippen molar-refractivity contribution < 1.29 is 9.53 Å². The summed E-state index contributed by atoms with van der Waals surface area (Å²) in [6.45, 7) is 0.665. The van der Waals surface area contributed by atoms with Crippen LogP contribution in [0, 0.1) is 0 Å². The molecular formula is C22H20BrNO2. The molecule has 0 aliphatic carbocycles. The summed E-state index contributed by atoms with van der Waals surface area (Å²) in [7, 11) is 0. The molecule has 0 bridgehead atoms. The molecule has 0 unspecified atom stereocenters. The van der Waals surface area contributed by atoms with Crippen molar-refractivity contribution in [3.8, 4) is 5.75 Å². The summed E-state index contributed by atoms with van der Waals surface area (Å²) in [5.74, 6) is 0.668. The second-order valence-corrected chi connectivity index (χ2v) is 6.84. The van der Waals surface area contributed by atoms with Gasteiger partial charge in [0.25, 0.3) is 5.91 Å². The van der Waals surface area contributed by atoms with Crippen LogP contribution in [0.5, 0.6) is 5.75 Å². The predicted octanol–water partition coefficient (Wildman–Crippen LogP) is 5.71. The zero-order valence-corrected chi connectivity index (χ0v) is 15.9. The zero-order valence-electron chi connectivity index (χ0n) is 14.3. The number of anilines is 1. The summed E-state index contributed by atoms with van der Waals surface area (Å²) in [6, 6.07) is 25.1. The molecule has 0 atom stereocenters. The number of carbonyl (C=O) groups excluding carboxylic acids is 1. The summed E-state index contributed by atoms with van der Waals surface area (Å²) in [4.78, 5) is 12.2. The van der Waals surface area contributed by atoms with Crippen LogP contribution in [0.2, 0.25) is 0 Å². The van der Waals surface area contributed by atoms with Gasteiger partial charge in [-0.2, -0.15) is 0 Å². The number of amides is 1. The molecule has 0 spiro atoms. The number of ether oxygens (including phenoxy) is 1. The van der Waals surface area contributed by atoms with E-state index in [-0.39, 0.29) is 5.91 Å². The van der Waals surface area contributed by atoms with Crippen molar-refractivity contribution in [3.05, 3.63) is 94.5 Å². The van der Waals surface area contributed by atoms with Crippen LogP contribution in [-0.4, -0.2) is 12.5 Å². The number of halogens is 1. The minimum absolute atomic E-state index is 0.136. The topological polar surface area (TPSA) is 38.3 Å². The number of aryl methyl sites for hydroxylation is 1. The third-order valence-electron chi connectivity index (χ3n) is 3.92. The van der Waals surface area contributed by atoms with Gasteiger partial charge in [0.05, 0.1) is 6.61 Å². The number of hydrogen-bond acceptors (Lipinski definition) is 2. The smallest absolute Gasteiger partial charge is 0.255 e. The fourth-order valence-corrected chi connectivity index (χ4v) is 2.98. The molecule has 132 valence electrons. The number of carbonyl (C=O) groups is 1. The van der Waals surface area contributed by atoms with Crippen molar-refractivity contribution in [2.24, 2.45) is 0 Å². The van der Waals surface area contributed by atoms with Crippen molar-refractivity contribution in [1.82, 2.24) is 0 Å². The standard InChI is InChI=1S/C22H20BrNO2/c23-19-10-4-9-18(16-19)22(25)24-20-11-13-21(14-12-20)26-15-5-8-17-6-2-1-3-7-17/h1-4,6-7,9-14,16H,5,8,15H2,(H,24,25). The molecule has 3 aromatic rings. The van der Waals surface area contributed by atoms with Gasteiger partial charge in [-0.05, 0) is 60.9 Å². The van der Waals surface area contributed by atoms with E-state index in [1.54, 1.807) is 12.1 Å². The SMILES string of the molecule is O=C(Nc1ccc(OCCCc2ccccc2)cc1)c1cccc(Br)c1. The highest BCUT2D eigenvalue weighted by atomic mass is 79.9. The van der Waals surface area contributed by atoms with Crippen LogP contribution < -0.4 is 10.1 Å². The molecule has 0 aromatic heterocycles. The summed E-state index contributed by atoms with van der Waals surface area (Å²) in [6.07, 6.45) is 1.97. The van der Waals surface area contributed by atoms with Crippen LogP contribution in [0.1, 0.15) is 22.3 Å². The van der Waals surface area contributed by atoms with Gasteiger partial charge in [-0.1, -0.05) is 52.3 Å². The minimum atomic E-state index is -0.136. The van der Waals surface area contributed by atoms with Crippen molar-refractivity contribution in [3.63, 3.8) is 0 Å². The fourth-order valence-electron chi connectivity index (χ4n) is 2.58. The lowest BCUT2D eigenvalue weighted by atomic mass is 10.1. The number of nitrogens with one attached hydrogen (secondary N) is 1. The van der Waals surface area contributed by atoms with Gasteiger partial charge in [-0.3, -0.25) is 4.79 Å². The van der Waals surface area contributed by atoms with Crippen LogP contribution in [0.3, 0.4) is 0 Å². The van der Waals surface area contributed by atoms with E-state index in [9.17, 15) is 4.79 Å². The Morgan fingerprint density at radius 3 is 2.42 bits per heavy atom. The van der Waals surface area contributed by atoms with Gasteiger partial charge in [-0.25, -0.2) is 0 Å². The van der Waals surface area contributed by atoms with Crippen LogP contribution in [-0.2, 0) is 6.42 Å². The first kappa shape index (κ1) is 18.2. The Morgan fingerprint density at radius 2 is 1.69 bits per heavy atom. The minimum Gasteiger partial charge on any atom is -0.494 e. The summed E-state index contributed by atoms with van der Waals surface area (Å²) in [5, 5.41) is 2.89. The summed E-state index contributed by atoms with van der Waals surface area (Å²) in [5.41, 5.74) is 2.67. The molecule has 1 amide bonds. The third-order valence-corrected chi connectivity index (χ3v) is 4.41. The van der Waals surface area contributed by atoms with E-state index >= 15 is 0 Å². The molecule has 3 rings (SSSR count). The van der Waals surface area contributed by atoms with Gasteiger partial charge in [-0.15, -0.1) is 0 Å². The highest BCUT2D eigenvalue weighted by molar-refractivity contribution is 9.10. The molecule has 3 aromatic carbocycles. The Bertz CT molecular complexity index is 848. The van der Waals surface area contributed by atoms with E-state index in [1.807, 2.05) is 42.5 Å². The summed E-state index contributed by atoms with van der Waals surface area (Å²) >= 11 is 3.37. The molecule has 0 aliphatic rings. The average molecular weight is 410 g/mol. The monoisotopic (exact) mass is 409 g/mol. The molecular weight excluding hydrogens is 390 g/mol. The Kier molecular flexibility index (Phi) is 6.45. The van der Waals surface area contributed by atoms with Crippen LogP contribution in [0.25, 0.3) is 0 Å². The molecule has 3 nitrogen and oxygen atoms in total. The lowest BCUT2D eigenvalue weighted by Crippen LogP contribution is -2.11. The first-order valence-electron chi connectivity index (χ1n) is 8.54. The quantitative estimate of drug-likeness (QED) is 0.507. The normalized spacial score (nSPS) is 10.3. The lowest BCUT2D eigenvalue weighted by molar-refractivity contribution is 0.102. The molecule has 0 fully saturated rings. The highest BCUT2D eigenvalue weighted by Crippen LogP contribution is 2.18. The van der Waals surface area contributed by atoms with Crippen molar-refractivity contribution >= 4 is 27.5 Å². The number of benzene rings is 3. The molecule has 1 N–H and O–H groups in total. The molecule has 0 saturated heterocycles. The first-order valence-corrected chi connectivity index (χ1v) is 9.34. The van der Waals surface area contributed by atoms with Gasteiger partial charge in [0.15, 0.2) is 0 Å². The fraction of sp³-hybridized carbons (Fsp3) is 0.136.